The van der Waals surface area contributed by atoms with E-state index in [1.807, 2.05) is 19.1 Å². The van der Waals surface area contributed by atoms with E-state index in [1.54, 1.807) is 12.1 Å². The summed E-state index contributed by atoms with van der Waals surface area (Å²) in [5.41, 5.74) is 4.35. The summed E-state index contributed by atoms with van der Waals surface area (Å²) in [6.07, 6.45) is 1.18. The summed E-state index contributed by atoms with van der Waals surface area (Å²) in [7, 11) is 4.26. The molecule has 7 heteroatoms. The van der Waals surface area contributed by atoms with Crippen LogP contribution >= 0.6 is 0 Å². The maximum absolute atomic E-state index is 13.3. The Kier molecular flexibility index (Phi) is 5.92. The average Bonchev–Trinajstić information content (AvgIpc) is 3.21. The third kappa shape index (κ3) is 4.01. The zero-order valence-electron chi connectivity index (χ0n) is 18.3. The van der Waals surface area contributed by atoms with Crippen LogP contribution in [0.5, 0.6) is 17.2 Å². The average molecular weight is 429 g/mol. The molecule has 0 aliphatic carbocycles. The Bertz CT molecular complexity index is 1000. The number of quaternary nitrogens is 1. The maximum Gasteiger partial charge on any atom is 0.231 e. The molecular formula is C24H30NO6+. The highest BCUT2D eigenvalue weighted by molar-refractivity contribution is 5.97. The van der Waals surface area contributed by atoms with E-state index >= 15 is 0 Å². The molecule has 2 aromatic carbocycles. The maximum atomic E-state index is 13.3. The van der Waals surface area contributed by atoms with E-state index in [2.05, 4.69) is 14.1 Å². The van der Waals surface area contributed by atoms with Crippen molar-refractivity contribution in [2.75, 3.05) is 40.6 Å². The molecule has 7 nitrogen and oxygen atoms in total. The molecule has 2 aromatic rings. The smallest absolute Gasteiger partial charge is 0.231 e. The molecule has 0 fully saturated rings. The van der Waals surface area contributed by atoms with Crippen LogP contribution in [0.2, 0.25) is 0 Å². The number of carbonyl (C=O) groups excluding carboxylic acids is 1. The van der Waals surface area contributed by atoms with Gasteiger partial charge in [-0.1, -0.05) is 0 Å². The highest BCUT2D eigenvalue weighted by atomic mass is 16.7. The van der Waals surface area contributed by atoms with E-state index in [4.69, 9.17) is 19.3 Å². The molecule has 2 N–H and O–H groups in total. The monoisotopic (exact) mass is 428 g/mol. The number of aliphatic hydroxyl groups is 2. The van der Waals surface area contributed by atoms with Crippen LogP contribution in [0.4, 0.5) is 0 Å². The van der Waals surface area contributed by atoms with Gasteiger partial charge in [0.25, 0.3) is 0 Å². The number of hydrogen-bond acceptors (Lipinski definition) is 6. The van der Waals surface area contributed by atoms with Gasteiger partial charge in [0.2, 0.25) is 6.79 Å². The first-order valence-corrected chi connectivity index (χ1v) is 10.6. The molecule has 0 spiro atoms. The fraction of sp³-hybridized carbons (Fsp3) is 0.458. The lowest BCUT2D eigenvalue weighted by Gasteiger charge is -2.43. The highest BCUT2D eigenvalue weighted by Crippen LogP contribution is 2.47. The van der Waals surface area contributed by atoms with Crippen molar-refractivity contribution in [1.82, 2.24) is 0 Å². The van der Waals surface area contributed by atoms with Gasteiger partial charge in [-0.2, -0.15) is 0 Å². The van der Waals surface area contributed by atoms with Crippen molar-refractivity contribution in [3.63, 3.8) is 0 Å². The third-order valence-electron chi connectivity index (χ3n) is 6.41. The number of benzene rings is 2. The molecule has 2 aliphatic rings. The Balaban J connectivity index is 1.67. The molecule has 166 valence electrons. The summed E-state index contributed by atoms with van der Waals surface area (Å²) in [5.74, 6) is 1.98. The van der Waals surface area contributed by atoms with Gasteiger partial charge in [0, 0.05) is 23.1 Å². The predicted octanol–water partition coefficient (Wildman–Crippen LogP) is 2.53. The van der Waals surface area contributed by atoms with Crippen molar-refractivity contribution in [2.24, 2.45) is 0 Å². The number of aliphatic hydroxyl groups excluding tert-OH is 2. The molecule has 0 saturated carbocycles. The van der Waals surface area contributed by atoms with Gasteiger partial charge in [-0.3, -0.25) is 4.79 Å². The Morgan fingerprint density at radius 3 is 2.74 bits per heavy atom. The van der Waals surface area contributed by atoms with E-state index < -0.39 is 0 Å². The quantitative estimate of drug-likeness (QED) is 0.521. The molecule has 2 aliphatic heterocycles. The normalized spacial score (nSPS) is 18.5. The van der Waals surface area contributed by atoms with Crippen molar-refractivity contribution in [3.8, 4) is 17.2 Å². The Labute approximate surface area is 182 Å². The molecule has 0 saturated heterocycles. The van der Waals surface area contributed by atoms with Crippen molar-refractivity contribution in [3.05, 3.63) is 52.1 Å². The zero-order chi connectivity index (χ0) is 22.2. The van der Waals surface area contributed by atoms with E-state index in [0.29, 0.717) is 33.7 Å². The van der Waals surface area contributed by atoms with Gasteiger partial charge in [0.05, 0.1) is 40.3 Å². The number of fused-ring (bicyclic) bond motifs is 2. The number of aryl methyl sites for hydroxylation is 1. The summed E-state index contributed by atoms with van der Waals surface area (Å²) in [6, 6.07) is 7.30. The minimum absolute atomic E-state index is 0.0439. The van der Waals surface area contributed by atoms with Gasteiger partial charge in [-0.05, 0) is 42.3 Å². The summed E-state index contributed by atoms with van der Waals surface area (Å²) >= 11 is 0. The Morgan fingerprint density at radius 1 is 1.23 bits per heavy atom. The minimum Gasteiger partial charge on any atom is -0.491 e. The summed E-state index contributed by atoms with van der Waals surface area (Å²) in [6.45, 7) is 2.94. The van der Waals surface area contributed by atoms with Crippen molar-refractivity contribution in [1.29, 1.82) is 0 Å². The molecule has 2 heterocycles. The first kappa shape index (κ1) is 21.6. The van der Waals surface area contributed by atoms with Crippen LogP contribution in [0.15, 0.2) is 24.3 Å². The Morgan fingerprint density at radius 2 is 2.03 bits per heavy atom. The lowest BCUT2D eigenvalue weighted by atomic mass is 9.83. The lowest BCUT2D eigenvalue weighted by Crippen LogP contribution is -2.49. The number of likely N-dealkylation sites (N-methyl/N-ethyl adjacent to an activating group) is 1. The first-order chi connectivity index (χ1) is 14.9. The summed E-state index contributed by atoms with van der Waals surface area (Å²) < 4.78 is 17.4. The number of rotatable bonds is 7. The van der Waals surface area contributed by atoms with E-state index in [-0.39, 0.29) is 38.4 Å². The number of hydrogen-bond donors (Lipinski definition) is 2. The van der Waals surface area contributed by atoms with Gasteiger partial charge in [-0.25, -0.2) is 0 Å². The molecule has 0 bridgehead atoms. The molecule has 0 amide bonds. The van der Waals surface area contributed by atoms with E-state index in [1.165, 1.54) is 0 Å². The second kappa shape index (κ2) is 8.49. The second-order valence-electron chi connectivity index (χ2n) is 8.77. The van der Waals surface area contributed by atoms with E-state index in [0.717, 1.165) is 35.2 Å². The topological polar surface area (TPSA) is 85.2 Å². The minimum atomic E-state index is -0.157. The van der Waals surface area contributed by atoms with Gasteiger partial charge in [0.1, 0.15) is 18.4 Å². The number of Topliss-reactive ketones (excluding diaryl/α,β-unsaturated/α-hetero) is 1. The van der Waals surface area contributed by atoms with Crippen LogP contribution in [-0.2, 0) is 13.0 Å². The molecule has 31 heavy (non-hydrogen) atoms. The van der Waals surface area contributed by atoms with Crippen LogP contribution < -0.4 is 14.2 Å². The molecule has 0 aromatic heterocycles. The number of ketones is 1. The number of carbonyl (C=O) groups is 1. The molecule has 1 unspecified atom stereocenters. The van der Waals surface area contributed by atoms with Crippen molar-refractivity contribution >= 4 is 5.78 Å². The Hall–Kier alpha value is -2.61. The summed E-state index contributed by atoms with van der Waals surface area (Å²) in [4.78, 5) is 13.3. The second-order valence-corrected chi connectivity index (χ2v) is 8.77. The number of ether oxygens (including phenoxy) is 3. The standard InChI is InChI=1S/C24H30NO6/c1-15-10-16(4-5-21(15)29-9-8-26)20(28)12-19-23-17(6-7-25(19,2)3)11-22-24(18(23)13-27)31-14-30-22/h4-5,10-11,19,26-27H,6-9,12-14H2,1-3H3/q+1. The molecular weight excluding hydrogens is 398 g/mol. The zero-order valence-corrected chi connectivity index (χ0v) is 18.3. The van der Waals surface area contributed by atoms with Crippen LogP contribution in [0.25, 0.3) is 0 Å². The molecule has 1 atom stereocenters. The van der Waals surface area contributed by atoms with Gasteiger partial charge >= 0.3 is 0 Å². The van der Waals surface area contributed by atoms with E-state index in [9.17, 15) is 9.90 Å². The molecule has 0 radical (unpaired) electrons. The van der Waals surface area contributed by atoms with Gasteiger partial charge in [-0.15, -0.1) is 0 Å². The fourth-order valence-corrected chi connectivity index (χ4v) is 4.66. The summed E-state index contributed by atoms with van der Waals surface area (Å²) in [5, 5.41) is 19.1. The molecule has 4 rings (SSSR count). The number of nitrogens with zero attached hydrogens (tertiary/aromatic N) is 1. The SMILES string of the molecule is Cc1cc(C(=O)CC2c3c(cc4c(c3CO)OCO4)CC[N+]2(C)C)ccc1OCCO. The van der Waals surface area contributed by atoms with Crippen LogP contribution in [0.3, 0.4) is 0 Å². The fourth-order valence-electron chi connectivity index (χ4n) is 4.66. The van der Waals surface area contributed by atoms with Crippen LogP contribution in [-0.4, -0.2) is 61.1 Å². The highest BCUT2D eigenvalue weighted by Gasteiger charge is 2.41. The van der Waals surface area contributed by atoms with Crippen LogP contribution in [0, 0.1) is 6.92 Å². The van der Waals surface area contributed by atoms with Gasteiger partial charge in [0.15, 0.2) is 17.3 Å². The predicted molar refractivity (Wildman–Crippen MR) is 115 cm³/mol. The largest absolute Gasteiger partial charge is 0.491 e. The lowest BCUT2D eigenvalue weighted by molar-refractivity contribution is -0.922. The third-order valence-corrected chi connectivity index (χ3v) is 6.41. The van der Waals surface area contributed by atoms with Crippen molar-refractivity contribution < 1.29 is 33.7 Å². The van der Waals surface area contributed by atoms with Crippen molar-refractivity contribution in [2.45, 2.75) is 32.4 Å². The van der Waals surface area contributed by atoms with Gasteiger partial charge < -0.3 is 28.9 Å². The first-order valence-electron chi connectivity index (χ1n) is 10.6. The van der Waals surface area contributed by atoms with Crippen LogP contribution in [0.1, 0.15) is 45.1 Å².